The van der Waals surface area contributed by atoms with Crippen LogP contribution in [0, 0.1) is 35.3 Å². The largest absolute Gasteiger partial charge is 0.344 e. The van der Waals surface area contributed by atoms with Gasteiger partial charge in [0.05, 0.1) is 17.7 Å². The molecule has 114 valence electrons. The number of hydrogen-bond donors (Lipinski definition) is 1. The minimum atomic E-state index is -1.09. The van der Waals surface area contributed by atoms with Gasteiger partial charge < -0.3 is 5.32 Å². The van der Waals surface area contributed by atoms with Gasteiger partial charge in [0.1, 0.15) is 17.2 Å². The molecule has 2 rings (SSSR count). The number of halogens is 2. The smallest absolute Gasteiger partial charge is 0.257 e. The molecule has 1 amide bonds. The van der Waals surface area contributed by atoms with Crippen LogP contribution in [-0.2, 0) is 0 Å². The molecule has 0 bridgehead atoms. The van der Waals surface area contributed by atoms with Crippen LogP contribution in [-0.4, -0.2) is 5.91 Å². The Labute approximate surface area is 132 Å². The van der Waals surface area contributed by atoms with E-state index in [9.17, 15) is 13.6 Å². The van der Waals surface area contributed by atoms with Gasteiger partial charge in [0, 0.05) is 6.42 Å². The summed E-state index contributed by atoms with van der Waals surface area (Å²) in [5.74, 6) is -0.680. The summed E-state index contributed by atoms with van der Waals surface area (Å²) in [7, 11) is 0. The lowest BCUT2D eigenvalue weighted by molar-refractivity contribution is 0.0929. The van der Waals surface area contributed by atoms with Crippen LogP contribution < -0.4 is 5.32 Å². The van der Waals surface area contributed by atoms with Crippen molar-refractivity contribution < 1.29 is 13.6 Å². The second-order valence-electron chi connectivity index (χ2n) is 4.77. The Bertz CT molecular complexity index is 781. The minimum Gasteiger partial charge on any atom is -0.344 e. The zero-order valence-corrected chi connectivity index (χ0v) is 12.0. The van der Waals surface area contributed by atoms with Crippen molar-refractivity contribution in [3.8, 4) is 18.4 Å². The number of hydrogen-bond acceptors (Lipinski definition) is 2. The molecule has 2 aromatic rings. The highest BCUT2D eigenvalue weighted by molar-refractivity contribution is 5.95. The van der Waals surface area contributed by atoms with Gasteiger partial charge in [-0.25, -0.2) is 8.78 Å². The minimum absolute atomic E-state index is 0.176. The first-order valence-electron chi connectivity index (χ1n) is 6.75. The molecule has 0 spiro atoms. The van der Waals surface area contributed by atoms with Crippen molar-refractivity contribution in [1.82, 2.24) is 5.32 Å². The summed E-state index contributed by atoms with van der Waals surface area (Å²) in [6.07, 6.45) is 5.47. The first-order valence-corrected chi connectivity index (χ1v) is 6.75. The summed E-state index contributed by atoms with van der Waals surface area (Å²) >= 11 is 0. The fourth-order valence-corrected chi connectivity index (χ4v) is 2.14. The van der Waals surface area contributed by atoms with E-state index in [1.807, 2.05) is 0 Å². The van der Waals surface area contributed by atoms with E-state index in [2.05, 4.69) is 11.2 Å². The molecule has 0 unspecified atom stereocenters. The number of benzene rings is 2. The average Bonchev–Trinajstić information content (AvgIpc) is 2.54. The monoisotopic (exact) mass is 310 g/mol. The lowest BCUT2D eigenvalue weighted by Crippen LogP contribution is -2.30. The number of nitrogens with zero attached hydrogens (tertiary/aromatic N) is 1. The van der Waals surface area contributed by atoms with Crippen molar-refractivity contribution in [2.24, 2.45) is 0 Å². The van der Waals surface area contributed by atoms with Crippen LogP contribution in [0.5, 0.6) is 0 Å². The van der Waals surface area contributed by atoms with Gasteiger partial charge in [-0.3, -0.25) is 4.79 Å². The van der Waals surface area contributed by atoms with Gasteiger partial charge >= 0.3 is 0 Å². The van der Waals surface area contributed by atoms with Gasteiger partial charge in [-0.05, 0) is 17.7 Å². The number of terminal acetylenes is 1. The van der Waals surface area contributed by atoms with Crippen LogP contribution >= 0.6 is 0 Å². The number of nitrogens with one attached hydrogen (secondary N) is 1. The Balaban J connectivity index is 2.30. The molecule has 0 radical (unpaired) electrons. The standard InChI is InChI=1S/C18H12F2N2O/c1-2-6-16(13-7-4-3-5-8-13)22-18(23)17-14(19)9-12(11-21)10-15(17)20/h1,3-5,7-10,16H,6H2,(H,22,23)/t16-/m0/s1. The molecule has 3 nitrogen and oxygen atoms in total. The van der Waals surface area contributed by atoms with Crippen molar-refractivity contribution in [3.05, 3.63) is 70.8 Å². The second kappa shape index (κ2) is 7.20. The Kier molecular flexibility index (Phi) is 5.07. The van der Waals surface area contributed by atoms with E-state index in [4.69, 9.17) is 11.7 Å². The maximum atomic E-state index is 13.9. The van der Waals surface area contributed by atoms with Crippen LogP contribution in [0.1, 0.15) is 33.9 Å². The summed E-state index contributed by atoms with van der Waals surface area (Å²) in [6.45, 7) is 0. The molecule has 2 aromatic carbocycles. The van der Waals surface area contributed by atoms with Crippen LogP contribution in [0.15, 0.2) is 42.5 Å². The third kappa shape index (κ3) is 3.72. The van der Waals surface area contributed by atoms with Crippen molar-refractivity contribution in [3.63, 3.8) is 0 Å². The highest BCUT2D eigenvalue weighted by Crippen LogP contribution is 2.20. The molecule has 0 heterocycles. The molecule has 0 aliphatic carbocycles. The first kappa shape index (κ1) is 16.2. The topological polar surface area (TPSA) is 52.9 Å². The summed E-state index contributed by atoms with van der Waals surface area (Å²) in [5, 5.41) is 11.2. The van der Waals surface area contributed by atoms with Crippen LogP contribution in [0.3, 0.4) is 0 Å². The van der Waals surface area contributed by atoms with Crippen molar-refractivity contribution in [2.75, 3.05) is 0 Å². The molecule has 1 atom stereocenters. The van der Waals surface area contributed by atoms with Gasteiger partial charge in [-0.15, -0.1) is 12.3 Å². The molecule has 0 aliphatic heterocycles. The van der Waals surface area contributed by atoms with Gasteiger partial charge in [0.15, 0.2) is 0 Å². The van der Waals surface area contributed by atoms with Gasteiger partial charge in [-0.2, -0.15) is 5.26 Å². The van der Waals surface area contributed by atoms with Crippen molar-refractivity contribution in [1.29, 1.82) is 5.26 Å². The Morgan fingerprint density at radius 2 is 1.83 bits per heavy atom. The van der Waals surface area contributed by atoms with Gasteiger partial charge in [0.25, 0.3) is 5.91 Å². The summed E-state index contributed by atoms with van der Waals surface area (Å²) in [4.78, 5) is 12.2. The molecule has 0 saturated heterocycles. The zero-order chi connectivity index (χ0) is 16.8. The number of amides is 1. The molecular formula is C18H12F2N2O. The van der Waals surface area contributed by atoms with E-state index in [1.165, 1.54) is 0 Å². The van der Waals surface area contributed by atoms with E-state index >= 15 is 0 Å². The van der Waals surface area contributed by atoms with Crippen LogP contribution in [0.4, 0.5) is 8.78 Å². The molecule has 0 aliphatic rings. The quantitative estimate of drug-likeness (QED) is 0.881. The lowest BCUT2D eigenvalue weighted by atomic mass is 10.0. The molecule has 5 heteroatoms. The Hall–Kier alpha value is -3.18. The molecule has 1 N–H and O–H groups in total. The molecule has 23 heavy (non-hydrogen) atoms. The normalized spacial score (nSPS) is 11.1. The zero-order valence-electron chi connectivity index (χ0n) is 12.0. The summed E-state index contributed by atoms with van der Waals surface area (Å²) in [6, 6.07) is 11.6. The predicted octanol–water partition coefficient (Wildman–Crippen LogP) is 3.33. The van der Waals surface area contributed by atoms with Crippen LogP contribution in [0.25, 0.3) is 0 Å². The molecule has 0 fully saturated rings. The SMILES string of the molecule is C#CC[C@H](NC(=O)c1c(F)cc(C#N)cc1F)c1ccccc1. The van der Waals surface area contributed by atoms with E-state index in [0.29, 0.717) is 0 Å². The third-order valence-electron chi connectivity index (χ3n) is 3.23. The third-order valence-corrected chi connectivity index (χ3v) is 3.23. The number of nitriles is 1. The number of carbonyl (C=O) groups excluding carboxylic acids is 1. The Morgan fingerprint density at radius 1 is 1.22 bits per heavy atom. The second-order valence-corrected chi connectivity index (χ2v) is 4.77. The highest BCUT2D eigenvalue weighted by atomic mass is 19.1. The van der Waals surface area contributed by atoms with Crippen LogP contribution in [0.2, 0.25) is 0 Å². The predicted molar refractivity (Wildman–Crippen MR) is 81.2 cm³/mol. The molecule has 0 aromatic heterocycles. The van der Waals surface area contributed by atoms with Crippen molar-refractivity contribution >= 4 is 5.91 Å². The number of rotatable bonds is 4. The van der Waals surface area contributed by atoms with E-state index in [1.54, 1.807) is 36.4 Å². The lowest BCUT2D eigenvalue weighted by Gasteiger charge is -2.17. The van der Waals surface area contributed by atoms with E-state index < -0.39 is 29.1 Å². The summed E-state index contributed by atoms with van der Waals surface area (Å²) < 4.78 is 27.8. The maximum absolute atomic E-state index is 13.9. The highest BCUT2D eigenvalue weighted by Gasteiger charge is 2.22. The van der Waals surface area contributed by atoms with Gasteiger partial charge in [-0.1, -0.05) is 30.3 Å². The number of carbonyl (C=O) groups is 1. The fourth-order valence-electron chi connectivity index (χ4n) is 2.14. The first-order chi connectivity index (χ1) is 11.1. The molecule has 0 saturated carbocycles. The van der Waals surface area contributed by atoms with E-state index in [-0.39, 0.29) is 12.0 Å². The summed E-state index contributed by atoms with van der Waals surface area (Å²) in [5.41, 5.74) is -0.199. The Morgan fingerprint density at radius 3 is 2.35 bits per heavy atom. The van der Waals surface area contributed by atoms with Crippen molar-refractivity contribution in [2.45, 2.75) is 12.5 Å². The maximum Gasteiger partial charge on any atom is 0.257 e. The average molecular weight is 310 g/mol. The van der Waals surface area contributed by atoms with Gasteiger partial charge in [0.2, 0.25) is 0 Å². The van der Waals surface area contributed by atoms with E-state index in [0.717, 1.165) is 17.7 Å². The fraction of sp³-hybridized carbons (Fsp3) is 0.111. The molecular weight excluding hydrogens is 298 g/mol.